The first-order valence-corrected chi connectivity index (χ1v) is 5.43. The second-order valence-corrected chi connectivity index (χ2v) is 4.07. The molecule has 92 valence electrons. The van der Waals surface area contributed by atoms with Crippen LogP contribution in [0.4, 0.5) is 10.1 Å². The van der Waals surface area contributed by atoms with Gasteiger partial charge in [0.1, 0.15) is 5.82 Å². The molecular formula is C12H14FNO3. The molecule has 1 N–H and O–H groups in total. The number of ether oxygens (including phenoxy) is 1. The lowest BCUT2D eigenvalue weighted by Crippen LogP contribution is -2.33. The number of benzene rings is 1. The van der Waals surface area contributed by atoms with Gasteiger partial charge in [0, 0.05) is 13.7 Å². The summed E-state index contributed by atoms with van der Waals surface area (Å²) in [5, 5.41) is 9.06. The number of anilines is 1. The second-order valence-electron chi connectivity index (χ2n) is 4.07. The van der Waals surface area contributed by atoms with E-state index in [0.717, 1.165) is 6.42 Å². The summed E-state index contributed by atoms with van der Waals surface area (Å²) in [5.74, 6) is -1.63. The van der Waals surface area contributed by atoms with Crippen LogP contribution in [-0.2, 0) is 4.74 Å². The molecule has 2 rings (SSSR count). The number of nitrogens with zero attached hydrogens (tertiary/aromatic N) is 1. The van der Waals surface area contributed by atoms with Gasteiger partial charge in [-0.15, -0.1) is 0 Å². The Hall–Kier alpha value is -1.62. The fourth-order valence-electron chi connectivity index (χ4n) is 2.06. The van der Waals surface area contributed by atoms with Crippen LogP contribution in [0.5, 0.6) is 0 Å². The fourth-order valence-corrected chi connectivity index (χ4v) is 2.06. The molecule has 4 nitrogen and oxygen atoms in total. The van der Waals surface area contributed by atoms with Crippen LogP contribution in [0.25, 0.3) is 0 Å². The minimum absolute atomic E-state index is 0.0144. The molecule has 1 saturated heterocycles. The SMILES string of the molecule is CN(c1c(F)cccc1C(=O)O)C1CCOC1. The van der Waals surface area contributed by atoms with E-state index in [0.29, 0.717) is 13.2 Å². The monoisotopic (exact) mass is 239 g/mol. The summed E-state index contributed by atoms with van der Waals surface area (Å²) in [4.78, 5) is 12.7. The van der Waals surface area contributed by atoms with Crippen LogP contribution >= 0.6 is 0 Å². The number of rotatable bonds is 3. The molecule has 1 aromatic rings. The van der Waals surface area contributed by atoms with Gasteiger partial charge in [-0.2, -0.15) is 0 Å². The van der Waals surface area contributed by atoms with Crippen molar-refractivity contribution in [1.82, 2.24) is 0 Å². The van der Waals surface area contributed by atoms with Gasteiger partial charge in [0.15, 0.2) is 0 Å². The van der Waals surface area contributed by atoms with Crippen LogP contribution in [0.2, 0.25) is 0 Å². The predicted molar refractivity (Wildman–Crippen MR) is 61.0 cm³/mol. The Morgan fingerprint density at radius 1 is 1.59 bits per heavy atom. The summed E-state index contributed by atoms with van der Waals surface area (Å²) < 4.78 is 19.0. The van der Waals surface area contributed by atoms with Crippen molar-refractivity contribution in [2.75, 3.05) is 25.2 Å². The Morgan fingerprint density at radius 2 is 2.35 bits per heavy atom. The highest BCUT2D eigenvalue weighted by Crippen LogP contribution is 2.27. The van der Waals surface area contributed by atoms with Gasteiger partial charge in [-0.3, -0.25) is 0 Å². The van der Waals surface area contributed by atoms with Gasteiger partial charge in [0.05, 0.1) is 23.9 Å². The van der Waals surface area contributed by atoms with E-state index in [1.54, 1.807) is 11.9 Å². The number of halogens is 1. The van der Waals surface area contributed by atoms with Crippen LogP contribution in [0, 0.1) is 5.82 Å². The van der Waals surface area contributed by atoms with Gasteiger partial charge < -0.3 is 14.7 Å². The average Bonchev–Trinajstić information content (AvgIpc) is 2.81. The molecule has 0 saturated carbocycles. The predicted octanol–water partition coefficient (Wildman–Crippen LogP) is 1.75. The van der Waals surface area contributed by atoms with Crippen LogP contribution in [0.1, 0.15) is 16.8 Å². The number of carboxylic acid groups (broad SMARTS) is 1. The van der Waals surface area contributed by atoms with Crippen molar-refractivity contribution < 1.29 is 19.0 Å². The van der Waals surface area contributed by atoms with Crippen molar-refractivity contribution in [3.8, 4) is 0 Å². The van der Waals surface area contributed by atoms with Gasteiger partial charge in [-0.1, -0.05) is 6.07 Å². The highest BCUT2D eigenvalue weighted by Gasteiger charge is 2.26. The van der Waals surface area contributed by atoms with E-state index in [9.17, 15) is 9.18 Å². The van der Waals surface area contributed by atoms with E-state index in [1.165, 1.54) is 18.2 Å². The molecule has 1 aromatic carbocycles. The molecule has 17 heavy (non-hydrogen) atoms. The van der Waals surface area contributed by atoms with Crippen LogP contribution < -0.4 is 4.90 Å². The number of aromatic carboxylic acids is 1. The quantitative estimate of drug-likeness (QED) is 0.873. The maximum absolute atomic E-state index is 13.8. The van der Waals surface area contributed by atoms with Crippen molar-refractivity contribution in [3.05, 3.63) is 29.6 Å². The summed E-state index contributed by atoms with van der Waals surface area (Å²) in [6, 6.07) is 4.12. The minimum atomic E-state index is -1.12. The molecule has 1 heterocycles. The Balaban J connectivity index is 2.38. The van der Waals surface area contributed by atoms with Crippen LogP contribution in [0.15, 0.2) is 18.2 Å². The summed E-state index contributed by atoms with van der Waals surface area (Å²) >= 11 is 0. The summed E-state index contributed by atoms with van der Waals surface area (Å²) in [5.41, 5.74) is 0.120. The first kappa shape index (κ1) is 11.9. The third kappa shape index (κ3) is 2.24. The molecule has 0 spiro atoms. The van der Waals surface area contributed by atoms with Crippen LogP contribution in [-0.4, -0.2) is 37.4 Å². The van der Waals surface area contributed by atoms with Gasteiger partial charge in [-0.25, -0.2) is 9.18 Å². The molecule has 5 heteroatoms. The zero-order valence-electron chi connectivity index (χ0n) is 9.52. The topological polar surface area (TPSA) is 49.8 Å². The van der Waals surface area contributed by atoms with E-state index in [1.807, 2.05) is 0 Å². The molecule has 0 aliphatic carbocycles. The summed E-state index contributed by atoms with van der Waals surface area (Å²) in [7, 11) is 1.70. The van der Waals surface area contributed by atoms with Crippen molar-refractivity contribution >= 4 is 11.7 Å². The highest BCUT2D eigenvalue weighted by molar-refractivity contribution is 5.94. The largest absolute Gasteiger partial charge is 0.478 e. The molecule has 0 aromatic heterocycles. The normalized spacial score (nSPS) is 19.3. The Bertz CT molecular complexity index is 430. The van der Waals surface area contributed by atoms with Crippen LogP contribution in [0.3, 0.4) is 0 Å². The molecule has 1 aliphatic heterocycles. The standard InChI is InChI=1S/C12H14FNO3/c1-14(8-5-6-17-7-8)11-9(12(15)16)3-2-4-10(11)13/h2-4,8H,5-7H2,1H3,(H,15,16). The zero-order valence-corrected chi connectivity index (χ0v) is 9.52. The van der Waals surface area contributed by atoms with E-state index >= 15 is 0 Å². The second kappa shape index (κ2) is 4.71. The lowest BCUT2D eigenvalue weighted by atomic mass is 10.1. The van der Waals surface area contributed by atoms with Crippen molar-refractivity contribution in [1.29, 1.82) is 0 Å². The Labute approximate surface area is 98.6 Å². The smallest absolute Gasteiger partial charge is 0.337 e. The lowest BCUT2D eigenvalue weighted by Gasteiger charge is -2.27. The first-order valence-electron chi connectivity index (χ1n) is 5.43. The zero-order chi connectivity index (χ0) is 12.4. The van der Waals surface area contributed by atoms with E-state index in [-0.39, 0.29) is 17.3 Å². The van der Waals surface area contributed by atoms with E-state index < -0.39 is 11.8 Å². The van der Waals surface area contributed by atoms with Crippen molar-refractivity contribution in [2.45, 2.75) is 12.5 Å². The van der Waals surface area contributed by atoms with E-state index in [2.05, 4.69) is 0 Å². The number of hydrogen-bond acceptors (Lipinski definition) is 3. The molecule has 1 aliphatic rings. The number of carbonyl (C=O) groups is 1. The van der Waals surface area contributed by atoms with Gasteiger partial charge >= 0.3 is 5.97 Å². The molecule has 1 fully saturated rings. The highest BCUT2D eigenvalue weighted by atomic mass is 19.1. The number of para-hydroxylation sites is 1. The third-order valence-electron chi connectivity index (χ3n) is 3.02. The van der Waals surface area contributed by atoms with Crippen molar-refractivity contribution in [2.24, 2.45) is 0 Å². The summed E-state index contributed by atoms with van der Waals surface area (Å²) in [6.07, 6.45) is 0.782. The van der Waals surface area contributed by atoms with Gasteiger partial charge in [0.2, 0.25) is 0 Å². The average molecular weight is 239 g/mol. The molecule has 0 amide bonds. The molecule has 0 radical (unpaired) electrons. The first-order chi connectivity index (χ1) is 8.11. The maximum atomic E-state index is 13.8. The maximum Gasteiger partial charge on any atom is 0.337 e. The summed E-state index contributed by atoms with van der Waals surface area (Å²) in [6.45, 7) is 1.13. The molecule has 1 atom stereocenters. The molecule has 0 bridgehead atoms. The fraction of sp³-hybridized carbons (Fsp3) is 0.417. The minimum Gasteiger partial charge on any atom is -0.478 e. The molecule has 1 unspecified atom stereocenters. The van der Waals surface area contributed by atoms with Gasteiger partial charge in [0.25, 0.3) is 0 Å². The van der Waals surface area contributed by atoms with E-state index in [4.69, 9.17) is 9.84 Å². The molecular weight excluding hydrogens is 225 g/mol. The third-order valence-corrected chi connectivity index (χ3v) is 3.02. The number of likely N-dealkylation sites (N-methyl/N-ethyl adjacent to an activating group) is 1. The number of hydrogen-bond donors (Lipinski definition) is 1. The lowest BCUT2D eigenvalue weighted by molar-refractivity contribution is 0.0697. The number of carboxylic acids is 1. The Kier molecular flexibility index (Phi) is 3.28. The van der Waals surface area contributed by atoms with Crippen molar-refractivity contribution in [3.63, 3.8) is 0 Å². The Morgan fingerprint density at radius 3 is 2.94 bits per heavy atom. The van der Waals surface area contributed by atoms with Gasteiger partial charge in [-0.05, 0) is 18.6 Å².